The fraction of sp³-hybridized carbons (Fsp3) is 0.235. The van der Waals surface area contributed by atoms with Gasteiger partial charge in [-0.2, -0.15) is 0 Å². The summed E-state index contributed by atoms with van der Waals surface area (Å²) in [5, 5.41) is 0. The molecule has 0 fully saturated rings. The minimum absolute atomic E-state index is 0.0197. The minimum Gasteiger partial charge on any atom is -0.493 e. The average Bonchev–Trinajstić information content (AvgIpc) is 2.53. The maximum atomic E-state index is 12.2. The summed E-state index contributed by atoms with van der Waals surface area (Å²) in [5.74, 6) is 1.66. The van der Waals surface area contributed by atoms with E-state index in [0.717, 1.165) is 5.75 Å². The van der Waals surface area contributed by atoms with Crippen LogP contribution in [0.15, 0.2) is 54.6 Å². The predicted octanol–water partition coefficient (Wildman–Crippen LogP) is 4.17. The van der Waals surface area contributed by atoms with Crippen molar-refractivity contribution in [2.24, 2.45) is 5.92 Å². The number of ether oxygens (including phenoxy) is 1. The van der Waals surface area contributed by atoms with Gasteiger partial charge in [-0.25, -0.2) is 0 Å². The fourth-order valence-corrected chi connectivity index (χ4v) is 1.83. The van der Waals surface area contributed by atoms with Crippen LogP contribution in [0.25, 0.3) is 0 Å². The first-order chi connectivity index (χ1) is 9.70. The highest BCUT2D eigenvalue weighted by Gasteiger charge is 2.08. The first kappa shape index (κ1) is 14.6. The fourth-order valence-electron chi connectivity index (χ4n) is 1.74. The van der Waals surface area contributed by atoms with Gasteiger partial charge < -0.3 is 4.74 Å². The second kappa shape index (κ2) is 7.11. The van der Waals surface area contributed by atoms with Crippen LogP contribution in [0.2, 0.25) is 0 Å². The number of ketones is 1. The van der Waals surface area contributed by atoms with Gasteiger partial charge in [0.05, 0.1) is 6.61 Å². The number of alkyl halides is 1. The van der Waals surface area contributed by atoms with Gasteiger partial charge in [0.15, 0.2) is 5.78 Å². The summed E-state index contributed by atoms with van der Waals surface area (Å²) >= 11 is 5.73. The molecule has 2 aromatic rings. The van der Waals surface area contributed by atoms with Crippen molar-refractivity contribution in [3.63, 3.8) is 0 Å². The highest BCUT2D eigenvalue weighted by Crippen LogP contribution is 2.16. The molecule has 0 spiro atoms. The molecule has 1 atom stereocenters. The van der Waals surface area contributed by atoms with Crippen LogP contribution in [-0.4, -0.2) is 18.3 Å². The maximum Gasteiger partial charge on any atom is 0.193 e. The molecule has 2 rings (SSSR count). The summed E-state index contributed by atoms with van der Waals surface area (Å²) in [4.78, 5) is 12.2. The summed E-state index contributed by atoms with van der Waals surface area (Å²) in [6, 6.07) is 16.5. The number of carbonyl (C=O) groups excluding carboxylic acids is 1. The Morgan fingerprint density at radius 1 is 1.05 bits per heavy atom. The Kier molecular flexibility index (Phi) is 5.19. The molecule has 3 heteroatoms. The van der Waals surface area contributed by atoms with E-state index in [9.17, 15) is 4.79 Å². The molecule has 20 heavy (non-hydrogen) atoms. The van der Waals surface area contributed by atoms with E-state index in [4.69, 9.17) is 16.3 Å². The quantitative estimate of drug-likeness (QED) is 0.589. The van der Waals surface area contributed by atoms with Crippen LogP contribution < -0.4 is 4.74 Å². The summed E-state index contributed by atoms with van der Waals surface area (Å²) in [5.41, 5.74) is 1.35. The highest BCUT2D eigenvalue weighted by molar-refractivity contribution is 6.18. The molecule has 0 aliphatic carbocycles. The van der Waals surface area contributed by atoms with E-state index >= 15 is 0 Å². The summed E-state index contributed by atoms with van der Waals surface area (Å²) in [7, 11) is 0. The highest BCUT2D eigenvalue weighted by atomic mass is 35.5. The second-order valence-electron chi connectivity index (χ2n) is 4.79. The largest absolute Gasteiger partial charge is 0.493 e. The van der Waals surface area contributed by atoms with Crippen LogP contribution in [0.1, 0.15) is 22.8 Å². The first-order valence-corrected chi connectivity index (χ1v) is 7.12. The standard InChI is InChI=1S/C17H17ClO2/c1-13(11-18)12-20-16-9-7-15(8-10-16)17(19)14-5-3-2-4-6-14/h2-10,13H,11-12H2,1H3. The Bertz CT molecular complexity index is 549. The van der Waals surface area contributed by atoms with Crippen molar-refractivity contribution < 1.29 is 9.53 Å². The molecule has 0 amide bonds. The number of rotatable bonds is 6. The molecule has 0 heterocycles. The van der Waals surface area contributed by atoms with Gasteiger partial charge in [0.25, 0.3) is 0 Å². The van der Waals surface area contributed by atoms with Gasteiger partial charge >= 0.3 is 0 Å². The van der Waals surface area contributed by atoms with Gasteiger partial charge in [-0.3, -0.25) is 4.79 Å². The van der Waals surface area contributed by atoms with Gasteiger partial charge in [0.2, 0.25) is 0 Å². The van der Waals surface area contributed by atoms with E-state index in [1.807, 2.05) is 49.4 Å². The third-order valence-corrected chi connectivity index (χ3v) is 3.48. The average molecular weight is 289 g/mol. The Hall–Kier alpha value is -1.80. The van der Waals surface area contributed by atoms with E-state index in [1.165, 1.54) is 0 Å². The van der Waals surface area contributed by atoms with Gasteiger partial charge in [-0.15, -0.1) is 11.6 Å². The molecule has 0 bridgehead atoms. The Morgan fingerprint density at radius 2 is 1.65 bits per heavy atom. The number of hydrogen-bond acceptors (Lipinski definition) is 2. The van der Waals surface area contributed by atoms with Crippen LogP contribution in [0.4, 0.5) is 0 Å². The predicted molar refractivity (Wildman–Crippen MR) is 81.7 cm³/mol. The van der Waals surface area contributed by atoms with E-state index in [1.54, 1.807) is 12.1 Å². The third-order valence-electron chi connectivity index (χ3n) is 2.95. The zero-order chi connectivity index (χ0) is 14.4. The first-order valence-electron chi connectivity index (χ1n) is 6.59. The number of hydrogen-bond donors (Lipinski definition) is 0. The number of benzene rings is 2. The molecule has 2 aromatic carbocycles. The van der Waals surface area contributed by atoms with Crippen LogP contribution in [0.3, 0.4) is 0 Å². The van der Waals surface area contributed by atoms with E-state index in [0.29, 0.717) is 29.5 Å². The summed E-state index contributed by atoms with van der Waals surface area (Å²) < 4.78 is 5.60. The normalized spacial score (nSPS) is 11.9. The van der Waals surface area contributed by atoms with Crippen molar-refractivity contribution in [3.05, 3.63) is 65.7 Å². The smallest absolute Gasteiger partial charge is 0.193 e. The van der Waals surface area contributed by atoms with E-state index in [-0.39, 0.29) is 5.78 Å². The zero-order valence-corrected chi connectivity index (χ0v) is 12.1. The second-order valence-corrected chi connectivity index (χ2v) is 5.10. The Morgan fingerprint density at radius 3 is 2.25 bits per heavy atom. The van der Waals surface area contributed by atoms with Crippen molar-refractivity contribution in [1.29, 1.82) is 0 Å². The molecule has 0 saturated carbocycles. The van der Waals surface area contributed by atoms with Crippen molar-refractivity contribution >= 4 is 17.4 Å². The zero-order valence-electron chi connectivity index (χ0n) is 11.4. The van der Waals surface area contributed by atoms with Gasteiger partial charge in [-0.05, 0) is 24.3 Å². The van der Waals surface area contributed by atoms with Crippen LogP contribution in [0, 0.1) is 5.92 Å². The number of carbonyl (C=O) groups is 1. The molecular weight excluding hydrogens is 272 g/mol. The Balaban J connectivity index is 2.03. The minimum atomic E-state index is 0.0197. The molecule has 104 valence electrons. The molecule has 1 unspecified atom stereocenters. The Labute approximate surface area is 124 Å². The molecule has 2 nitrogen and oxygen atoms in total. The van der Waals surface area contributed by atoms with E-state index in [2.05, 4.69) is 0 Å². The van der Waals surface area contributed by atoms with Crippen molar-refractivity contribution in [2.75, 3.05) is 12.5 Å². The molecule has 0 radical (unpaired) electrons. The van der Waals surface area contributed by atoms with Crippen molar-refractivity contribution in [1.82, 2.24) is 0 Å². The maximum absolute atomic E-state index is 12.2. The number of halogens is 1. The van der Waals surface area contributed by atoms with Gasteiger partial charge in [0, 0.05) is 22.9 Å². The van der Waals surface area contributed by atoms with Gasteiger partial charge in [0.1, 0.15) is 5.75 Å². The van der Waals surface area contributed by atoms with Crippen LogP contribution in [-0.2, 0) is 0 Å². The van der Waals surface area contributed by atoms with Crippen LogP contribution in [0.5, 0.6) is 5.75 Å². The SMILES string of the molecule is CC(CCl)COc1ccc(C(=O)c2ccccc2)cc1. The molecule has 0 saturated heterocycles. The molecular formula is C17H17ClO2. The summed E-state index contributed by atoms with van der Waals surface area (Å²) in [6.07, 6.45) is 0. The lowest BCUT2D eigenvalue weighted by Gasteiger charge is -2.10. The van der Waals surface area contributed by atoms with E-state index < -0.39 is 0 Å². The van der Waals surface area contributed by atoms with Gasteiger partial charge in [-0.1, -0.05) is 37.3 Å². The third kappa shape index (κ3) is 3.84. The molecule has 0 N–H and O–H groups in total. The molecule has 0 aliphatic rings. The topological polar surface area (TPSA) is 26.3 Å². The monoisotopic (exact) mass is 288 g/mol. The lowest BCUT2D eigenvalue weighted by molar-refractivity contribution is 0.103. The molecule has 0 aromatic heterocycles. The molecule has 0 aliphatic heterocycles. The van der Waals surface area contributed by atoms with Crippen molar-refractivity contribution in [2.45, 2.75) is 6.92 Å². The summed E-state index contributed by atoms with van der Waals surface area (Å²) in [6.45, 7) is 2.61. The lowest BCUT2D eigenvalue weighted by atomic mass is 10.0. The lowest BCUT2D eigenvalue weighted by Crippen LogP contribution is -2.09. The van der Waals surface area contributed by atoms with Crippen molar-refractivity contribution in [3.8, 4) is 5.75 Å². The van der Waals surface area contributed by atoms with Crippen LogP contribution >= 0.6 is 11.6 Å².